The Morgan fingerprint density at radius 2 is 1.87 bits per heavy atom. The van der Waals surface area contributed by atoms with Crippen molar-refractivity contribution < 1.29 is 24.6 Å². The maximum atomic E-state index is 12.3. The SMILES string of the molecule is Cc1ccc(O)c(C(CC(=O)O)NC(=O)CNC(=O)c2cccc(N=C(N)N)c2)c1. The Morgan fingerprint density at radius 1 is 1.13 bits per heavy atom. The topological polar surface area (TPSA) is 180 Å². The van der Waals surface area contributed by atoms with Crippen LogP contribution in [0.25, 0.3) is 0 Å². The lowest BCUT2D eigenvalue weighted by Crippen LogP contribution is -2.39. The number of guanidine groups is 1. The highest BCUT2D eigenvalue weighted by Crippen LogP contribution is 2.27. The minimum absolute atomic E-state index is 0.132. The lowest BCUT2D eigenvalue weighted by molar-refractivity contribution is -0.137. The van der Waals surface area contributed by atoms with Crippen LogP contribution >= 0.6 is 0 Å². The Hall–Kier alpha value is -4.08. The molecule has 0 aliphatic carbocycles. The number of nitrogens with one attached hydrogen (secondary N) is 2. The number of nitrogens with zero attached hydrogens (tertiary/aromatic N) is 1. The number of benzene rings is 2. The van der Waals surface area contributed by atoms with E-state index in [4.69, 9.17) is 16.6 Å². The van der Waals surface area contributed by atoms with Crippen LogP contribution in [0.2, 0.25) is 0 Å². The Kier molecular flexibility index (Phi) is 7.34. The molecule has 0 aliphatic heterocycles. The lowest BCUT2D eigenvalue weighted by atomic mass is 10.0. The predicted molar refractivity (Wildman–Crippen MR) is 110 cm³/mol. The van der Waals surface area contributed by atoms with Crippen molar-refractivity contribution in [2.75, 3.05) is 6.54 Å². The molecule has 0 radical (unpaired) electrons. The van der Waals surface area contributed by atoms with Crippen LogP contribution in [0, 0.1) is 6.92 Å². The molecule has 10 nitrogen and oxygen atoms in total. The molecule has 8 N–H and O–H groups in total. The van der Waals surface area contributed by atoms with Crippen molar-refractivity contribution in [2.24, 2.45) is 16.5 Å². The molecule has 0 bridgehead atoms. The van der Waals surface area contributed by atoms with E-state index in [1.807, 2.05) is 0 Å². The van der Waals surface area contributed by atoms with Crippen LogP contribution < -0.4 is 22.1 Å². The smallest absolute Gasteiger partial charge is 0.305 e. The van der Waals surface area contributed by atoms with E-state index in [-0.39, 0.29) is 22.8 Å². The number of rotatable bonds is 8. The van der Waals surface area contributed by atoms with Gasteiger partial charge in [0.25, 0.3) is 5.91 Å². The highest BCUT2D eigenvalue weighted by atomic mass is 16.4. The van der Waals surface area contributed by atoms with Crippen LogP contribution in [-0.4, -0.2) is 40.5 Å². The number of amides is 2. The van der Waals surface area contributed by atoms with Crippen LogP contribution in [0.15, 0.2) is 47.5 Å². The standard InChI is InChI=1S/C20H23N5O5/c1-11-5-6-16(26)14(7-11)15(9-18(28)29)25-17(27)10-23-19(30)12-3-2-4-13(8-12)24-20(21)22/h2-8,15,26H,9-10H2,1H3,(H,23,30)(H,25,27)(H,28,29)(H4,21,22,24). The lowest BCUT2D eigenvalue weighted by Gasteiger charge is -2.19. The summed E-state index contributed by atoms with van der Waals surface area (Å²) in [6.07, 6.45) is -0.433. The van der Waals surface area contributed by atoms with Gasteiger partial charge in [-0.3, -0.25) is 14.4 Å². The number of phenolic OH excluding ortho intramolecular Hbond substituents is 1. The first-order valence-corrected chi connectivity index (χ1v) is 8.94. The number of carboxylic acids is 1. The summed E-state index contributed by atoms with van der Waals surface area (Å²) >= 11 is 0. The molecule has 2 amide bonds. The van der Waals surface area contributed by atoms with Crippen LogP contribution in [0.5, 0.6) is 5.75 Å². The molecule has 158 valence electrons. The Bertz CT molecular complexity index is 985. The van der Waals surface area contributed by atoms with E-state index in [0.29, 0.717) is 5.69 Å². The Balaban J connectivity index is 2.05. The second kappa shape index (κ2) is 9.92. The average molecular weight is 413 g/mol. The number of hydrogen-bond donors (Lipinski definition) is 6. The molecule has 1 unspecified atom stereocenters. The number of carboxylic acid groups (broad SMARTS) is 1. The zero-order chi connectivity index (χ0) is 22.3. The van der Waals surface area contributed by atoms with Crippen molar-refractivity contribution in [2.45, 2.75) is 19.4 Å². The van der Waals surface area contributed by atoms with Crippen molar-refractivity contribution in [3.8, 4) is 5.75 Å². The van der Waals surface area contributed by atoms with Gasteiger partial charge >= 0.3 is 5.97 Å². The van der Waals surface area contributed by atoms with Gasteiger partial charge in [0.1, 0.15) is 5.75 Å². The molecule has 1 atom stereocenters. The van der Waals surface area contributed by atoms with E-state index in [2.05, 4.69) is 15.6 Å². The predicted octanol–water partition coefficient (Wildman–Crippen LogP) is 0.668. The van der Waals surface area contributed by atoms with Gasteiger partial charge in [-0.2, -0.15) is 0 Å². The minimum Gasteiger partial charge on any atom is -0.508 e. The zero-order valence-electron chi connectivity index (χ0n) is 16.3. The number of aryl methyl sites for hydroxylation is 1. The normalized spacial score (nSPS) is 11.2. The third-order valence-electron chi connectivity index (χ3n) is 4.05. The van der Waals surface area contributed by atoms with Crippen molar-refractivity contribution in [1.82, 2.24) is 10.6 Å². The summed E-state index contributed by atoms with van der Waals surface area (Å²) in [4.78, 5) is 39.6. The third-order valence-corrected chi connectivity index (χ3v) is 4.05. The van der Waals surface area contributed by atoms with E-state index in [0.717, 1.165) is 5.56 Å². The number of nitrogens with two attached hydrogens (primary N) is 2. The van der Waals surface area contributed by atoms with Crippen LogP contribution in [0.4, 0.5) is 5.69 Å². The number of carbonyl (C=O) groups is 3. The van der Waals surface area contributed by atoms with Gasteiger partial charge in [0.05, 0.1) is 24.7 Å². The summed E-state index contributed by atoms with van der Waals surface area (Å²) in [5.41, 5.74) is 12.3. The molecular formula is C20H23N5O5. The number of aliphatic carboxylic acids is 1. The van der Waals surface area contributed by atoms with Crippen molar-refractivity contribution in [3.63, 3.8) is 0 Å². The van der Waals surface area contributed by atoms with Crippen LogP contribution in [-0.2, 0) is 9.59 Å². The van der Waals surface area contributed by atoms with E-state index in [9.17, 15) is 19.5 Å². The van der Waals surface area contributed by atoms with Gasteiger partial charge < -0.3 is 32.3 Å². The van der Waals surface area contributed by atoms with Gasteiger partial charge in [-0.25, -0.2) is 4.99 Å². The fourth-order valence-corrected chi connectivity index (χ4v) is 2.74. The van der Waals surface area contributed by atoms with Gasteiger partial charge in [0, 0.05) is 11.1 Å². The molecule has 2 rings (SSSR count). The molecule has 0 saturated heterocycles. The number of hydrogen-bond acceptors (Lipinski definition) is 5. The van der Waals surface area contributed by atoms with Crippen LogP contribution in [0.1, 0.15) is 33.9 Å². The molecule has 0 aliphatic rings. The maximum Gasteiger partial charge on any atom is 0.305 e. The summed E-state index contributed by atoms with van der Waals surface area (Å²) in [6.45, 7) is 1.38. The summed E-state index contributed by atoms with van der Waals surface area (Å²) < 4.78 is 0. The number of phenols is 1. The first-order valence-electron chi connectivity index (χ1n) is 8.94. The zero-order valence-corrected chi connectivity index (χ0v) is 16.3. The monoisotopic (exact) mass is 413 g/mol. The minimum atomic E-state index is -1.15. The number of aromatic hydroxyl groups is 1. The Labute approximate surface area is 172 Å². The molecule has 0 aromatic heterocycles. The first kappa shape index (κ1) is 22.2. The van der Waals surface area contributed by atoms with E-state index in [1.165, 1.54) is 18.2 Å². The fourth-order valence-electron chi connectivity index (χ4n) is 2.74. The molecule has 2 aromatic rings. The van der Waals surface area contributed by atoms with Crippen molar-refractivity contribution in [1.29, 1.82) is 0 Å². The Morgan fingerprint density at radius 3 is 2.53 bits per heavy atom. The number of aliphatic imine (C=N–C) groups is 1. The quantitative estimate of drug-likeness (QED) is 0.272. The third kappa shape index (κ3) is 6.51. The average Bonchev–Trinajstić information content (AvgIpc) is 2.67. The second-order valence-corrected chi connectivity index (χ2v) is 6.55. The van der Waals surface area contributed by atoms with Gasteiger partial charge in [0.2, 0.25) is 5.91 Å². The number of carbonyl (C=O) groups excluding carboxylic acids is 2. The summed E-state index contributed by atoms with van der Waals surface area (Å²) in [7, 11) is 0. The maximum absolute atomic E-state index is 12.3. The van der Waals surface area contributed by atoms with E-state index in [1.54, 1.807) is 31.2 Å². The molecule has 2 aromatic carbocycles. The van der Waals surface area contributed by atoms with Crippen molar-refractivity contribution >= 4 is 29.4 Å². The highest BCUT2D eigenvalue weighted by Gasteiger charge is 2.21. The molecule has 30 heavy (non-hydrogen) atoms. The van der Waals surface area contributed by atoms with Gasteiger partial charge in [0.15, 0.2) is 5.96 Å². The first-order chi connectivity index (χ1) is 14.2. The highest BCUT2D eigenvalue weighted by molar-refractivity contribution is 5.97. The summed E-state index contributed by atoms with van der Waals surface area (Å²) in [5, 5.41) is 24.2. The molecule has 0 spiro atoms. The molecule has 0 saturated carbocycles. The van der Waals surface area contributed by atoms with Gasteiger partial charge in [-0.1, -0.05) is 23.8 Å². The van der Waals surface area contributed by atoms with Crippen molar-refractivity contribution in [3.05, 3.63) is 59.2 Å². The summed E-state index contributed by atoms with van der Waals surface area (Å²) in [5.74, 6) is -2.59. The molecule has 0 fully saturated rings. The molecular weight excluding hydrogens is 390 g/mol. The fraction of sp³-hybridized carbons (Fsp3) is 0.200. The van der Waals surface area contributed by atoms with Gasteiger partial charge in [-0.15, -0.1) is 0 Å². The van der Waals surface area contributed by atoms with E-state index >= 15 is 0 Å². The largest absolute Gasteiger partial charge is 0.508 e. The van der Waals surface area contributed by atoms with Gasteiger partial charge in [-0.05, 0) is 31.2 Å². The second-order valence-electron chi connectivity index (χ2n) is 6.55. The summed E-state index contributed by atoms with van der Waals surface area (Å²) in [6, 6.07) is 9.89. The van der Waals surface area contributed by atoms with E-state index < -0.39 is 36.8 Å². The van der Waals surface area contributed by atoms with Crippen LogP contribution in [0.3, 0.4) is 0 Å². The molecule has 0 heterocycles. The molecule has 10 heteroatoms.